The first kappa shape index (κ1) is 11.7. The van der Waals surface area contributed by atoms with Crippen molar-refractivity contribution in [3.63, 3.8) is 0 Å². The lowest BCUT2D eigenvalue weighted by Crippen LogP contribution is -1.89. The van der Waals surface area contributed by atoms with Gasteiger partial charge in [-0.25, -0.2) is 0 Å². The minimum Gasteiger partial charge on any atom is -0.382 e. The Bertz CT molecular complexity index is 689. The molecular weight excluding hydrogens is 260 g/mol. The van der Waals surface area contributed by atoms with E-state index in [9.17, 15) is 0 Å². The maximum absolute atomic E-state index is 5.95. The number of rotatable bonds is 2. The molecule has 0 aliphatic rings. The van der Waals surface area contributed by atoms with Crippen molar-refractivity contribution in [1.82, 2.24) is 15.2 Å². The standard InChI is InChI=1S/C14H11ClN4/c15-11-3-1-10(2-4-11)13-12(14(16)19-18-13)9-5-7-17-8-6-9/h1-8H,(H3,16,18,19). The maximum Gasteiger partial charge on any atom is 0.153 e. The van der Waals surface area contributed by atoms with Crippen LogP contribution in [0.1, 0.15) is 0 Å². The van der Waals surface area contributed by atoms with Crippen LogP contribution in [0, 0.1) is 0 Å². The highest BCUT2D eigenvalue weighted by Gasteiger charge is 2.14. The molecule has 0 amide bonds. The van der Waals surface area contributed by atoms with Crippen molar-refractivity contribution in [3.8, 4) is 22.4 Å². The van der Waals surface area contributed by atoms with Gasteiger partial charge in [0.1, 0.15) is 0 Å². The SMILES string of the molecule is Nc1n[nH]c(-c2ccc(Cl)cc2)c1-c1ccncc1. The number of halogens is 1. The van der Waals surface area contributed by atoms with Crippen molar-refractivity contribution in [2.45, 2.75) is 0 Å². The van der Waals surface area contributed by atoms with Gasteiger partial charge in [0.25, 0.3) is 0 Å². The number of hydrogen-bond donors (Lipinski definition) is 2. The number of benzene rings is 1. The topological polar surface area (TPSA) is 67.6 Å². The van der Waals surface area contributed by atoms with Gasteiger partial charge in [-0.2, -0.15) is 5.10 Å². The van der Waals surface area contributed by atoms with Crippen LogP contribution in [0.5, 0.6) is 0 Å². The van der Waals surface area contributed by atoms with E-state index in [1.165, 1.54) is 0 Å². The van der Waals surface area contributed by atoms with Crippen LogP contribution >= 0.6 is 11.6 Å². The van der Waals surface area contributed by atoms with Crippen molar-refractivity contribution in [2.75, 3.05) is 5.73 Å². The number of hydrogen-bond acceptors (Lipinski definition) is 3. The molecule has 0 saturated heterocycles. The molecular formula is C14H11ClN4. The Labute approximate surface area is 115 Å². The molecule has 0 spiro atoms. The lowest BCUT2D eigenvalue weighted by molar-refractivity contribution is 1.10. The molecule has 3 N–H and O–H groups in total. The van der Waals surface area contributed by atoms with Gasteiger partial charge in [0, 0.05) is 23.0 Å². The first-order chi connectivity index (χ1) is 9.25. The van der Waals surface area contributed by atoms with E-state index in [1.807, 2.05) is 36.4 Å². The number of nitrogens with zero attached hydrogens (tertiary/aromatic N) is 2. The van der Waals surface area contributed by atoms with E-state index in [0.717, 1.165) is 22.4 Å². The molecule has 3 aromatic rings. The fourth-order valence-corrected chi connectivity index (χ4v) is 2.12. The second-order valence-electron chi connectivity index (χ2n) is 4.10. The first-order valence-corrected chi connectivity index (χ1v) is 6.13. The first-order valence-electron chi connectivity index (χ1n) is 5.76. The molecule has 0 saturated carbocycles. The number of aromatic nitrogens is 3. The second-order valence-corrected chi connectivity index (χ2v) is 4.54. The highest BCUT2D eigenvalue weighted by atomic mass is 35.5. The Morgan fingerprint density at radius 1 is 0.947 bits per heavy atom. The third kappa shape index (κ3) is 2.18. The minimum atomic E-state index is 0.469. The molecule has 94 valence electrons. The van der Waals surface area contributed by atoms with Gasteiger partial charge in [0.15, 0.2) is 5.82 Å². The molecule has 2 aromatic heterocycles. The summed E-state index contributed by atoms with van der Waals surface area (Å²) in [7, 11) is 0. The number of aromatic amines is 1. The van der Waals surface area contributed by atoms with Gasteiger partial charge in [0.2, 0.25) is 0 Å². The Morgan fingerprint density at radius 3 is 2.32 bits per heavy atom. The van der Waals surface area contributed by atoms with Crippen LogP contribution in [0.2, 0.25) is 5.02 Å². The van der Waals surface area contributed by atoms with Gasteiger partial charge in [-0.05, 0) is 29.8 Å². The number of nitrogens with one attached hydrogen (secondary N) is 1. The molecule has 0 unspecified atom stereocenters. The zero-order chi connectivity index (χ0) is 13.2. The zero-order valence-corrected chi connectivity index (χ0v) is 10.7. The third-order valence-corrected chi connectivity index (χ3v) is 3.15. The Kier molecular flexibility index (Phi) is 2.93. The minimum absolute atomic E-state index is 0.469. The van der Waals surface area contributed by atoms with E-state index in [1.54, 1.807) is 12.4 Å². The van der Waals surface area contributed by atoms with Gasteiger partial charge in [-0.3, -0.25) is 10.1 Å². The normalized spacial score (nSPS) is 10.6. The lowest BCUT2D eigenvalue weighted by atomic mass is 10.0. The summed E-state index contributed by atoms with van der Waals surface area (Å²) in [5.41, 5.74) is 9.67. The lowest BCUT2D eigenvalue weighted by Gasteiger charge is -2.04. The third-order valence-electron chi connectivity index (χ3n) is 2.90. The number of nitrogen functional groups attached to an aromatic ring is 1. The van der Waals surface area contributed by atoms with Crippen molar-refractivity contribution in [2.24, 2.45) is 0 Å². The van der Waals surface area contributed by atoms with Gasteiger partial charge in [-0.1, -0.05) is 23.7 Å². The summed E-state index contributed by atoms with van der Waals surface area (Å²) in [6.45, 7) is 0. The quantitative estimate of drug-likeness (QED) is 0.750. The molecule has 0 atom stereocenters. The molecule has 2 heterocycles. The molecule has 0 fully saturated rings. The molecule has 3 rings (SSSR count). The van der Waals surface area contributed by atoms with Crippen molar-refractivity contribution in [3.05, 3.63) is 53.8 Å². The number of H-pyrrole nitrogens is 1. The van der Waals surface area contributed by atoms with Crippen LogP contribution in [-0.4, -0.2) is 15.2 Å². The van der Waals surface area contributed by atoms with Crippen LogP contribution < -0.4 is 5.73 Å². The molecule has 5 heteroatoms. The predicted octanol–water partition coefficient (Wildman–Crippen LogP) is 3.37. The summed E-state index contributed by atoms with van der Waals surface area (Å²) >= 11 is 5.90. The van der Waals surface area contributed by atoms with E-state index >= 15 is 0 Å². The fourth-order valence-electron chi connectivity index (χ4n) is 1.99. The van der Waals surface area contributed by atoms with E-state index in [-0.39, 0.29) is 0 Å². The summed E-state index contributed by atoms with van der Waals surface area (Å²) in [5, 5.41) is 7.76. The molecule has 1 aromatic carbocycles. The van der Waals surface area contributed by atoms with Crippen LogP contribution in [-0.2, 0) is 0 Å². The van der Waals surface area contributed by atoms with E-state index in [2.05, 4.69) is 15.2 Å². The van der Waals surface area contributed by atoms with E-state index in [0.29, 0.717) is 10.8 Å². The number of nitrogens with two attached hydrogens (primary N) is 1. The molecule has 0 bridgehead atoms. The molecule has 0 aliphatic carbocycles. The van der Waals surface area contributed by atoms with Crippen LogP contribution in [0.25, 0.3) is 22.4 Å². The molecule has 0 aliphatic heterocycles. The summed E-state index contributed by atoms with van der Waals surface area (Å²) in [6.07, 6.45) is 3.46. The summed E-state index contributed by atoms with van der Waals surface area (Å²) in [6, 6.07) is 11.3. The second kappa shape index (κ2) is 4.74. The van der Waals surface area contributed by atoms with Crippen LogP contribution in [0.3, 0.4) is 0 Å². The van der Waals surface area contributed by atoms with Gasteiger partial charge in [-0.15, -0.1) is 0 Å². The highest BCUT2D eigenvalue weighted by Crippen LogP contribution is 2.34. The smallest absolute Gasteiger partial charge is 0.153 e. The summed E-state index contributed by atoms with van der Waals surface area (Å²) < 4.78 is 0. The van der Waals surface area contributed by atoms with E-state index in [4.69, 9.17) is 17.3 Å². The molecule has 0 radical (unpaired) electrons. The molecule has 19 heavy (non-hydrogen) atoms. The Morgan fingerprint density at radius 2 is 1.63 bits per heavy atom. The maximum atomic E-state index is 5.95. The average Bonchev–Trinajstić information content (AvgIpc) is 2.82. The predicted molar refractivity (Wildman–Crippen MR) is 76.7 cm³/mol. The summed E-state index contributed by atoms with van der Waals surface area (Å²) in [5.74, 6) is 0.469. The van der Waals surface area contributed by atoms with Crippen LogP contribution in [0.15, 0.2) is 48.8 Å². The van der Waals surface area contributed by atoms with Crippen molar-refractivity contribution < 1.29 is 0 Å². The highest BCUT2D eigenvalue weighted by molar-refractivity contribution is 6.30. The average molecular weight is 271 g/mol. The Hall–Kier alpha value is -2.33. The largest absolute Gasteiger partial charge is 0.382 e. The van der Waals surface area contributed by atoms with Gasteiger partial charge < -0.3 is 5.73 Å². The van der Waals surface area contributed by atoms with E-state index < -0.39 is 0 Å². The zero-order valence-electron chi connectivity index (χ0n) is 9.97. The number of pyridine rings is 1. The van der Waals surface area contributed by atoms with Crippen molar-refractivity contribution in [1.29, 1.82) is 0 Å². The Balaban J connectivity index is 2.16. The van der Waals surface area contributed by atoms with Gasteiger partial charge in [0.05, 0.1) is 11.3 Å². The van der Waals surface area contributed by atoms with Crippen molar-refractivity contribution >= 4 is 17.4 Å². The number of anilines is 1. The fraction of sp³-hybridized carbons (Fsp3) is 0. The summed E-state index contributed by atoms with van der Waals surface area (Å²) in [4.78, 5) is 4.01. The van der Waals surface area contributed by atoms with Gasteiger partial charge >= 0.3 is 0 Å². The van der Waals surface area contributed by atoms with Crippen LogP contribution in [0.4, 0.5) is 5.82 Å². The monoisotopic (exact) mass is 270 g/mol. The molecule has 4 nitrogen and oxygen atoms in total.